The Morgan fingerprint density at radius 3 is 2.20 bits per heavy atom. The highest BCUT2D eigenvalue weighted by molar-refractivity contribution is 5.71. The Bertz CT molecular complexity index is 232. The van der Waals surface area contributed by atoms with Crippen LogP contribution < -0.4 is 0 Å². The Balaban J connectivity index is 3.95. The molecule has 0 rings (SSSR count). The summed E-state index contributed by atoms with van der Waals surface area (Å²) in [6.45, 7) is 5.67. The number of hydrogen-bond donors (Lipinski definition) is 0. The van der Waals surface area contributed by atoms with Gasteiger partial charge < -0.3 is 14.4 Å². The van der Waals surface area contributed by atoms with Crippen LogP contribution in [0.25, 0.3) is 0 Å². The van der Waals surface area contributed by atoms with Crippen molar-refractivity contribution in [3.05, 3.63) is 0 Å². The smallest absolute Gasteiger partial charge is 0.410 e. The van der Waals surface area contributed by atoms with Crippen molar-refractivity contribution in [1.82, 2.24) is 4.90 Å². The Morgan fingerprint density at radius 1 is 1.27 bits per heavy atom. The second-order valence-electron chi connectivity index (χ2n) is 4.23. The van der Waals surface area contributed by atoms with Crippen LogP contribution in [0.2, 0.25) is 0 Å². The van der Waals surface area contributed by atoms with E-state index in [1.807, 2.05) is 0 Å². The first-order valence-electron chi connectivity index (χ1n) is 4.77. The number of esters is 1. The SMILES string of the molecule is COC(=O)CCN(C)C(=O)OC(C)(C)C. The zero-order valence-corrected chi connectivity index (χ0v) is 9.99. The van der Waals surface area contributed by atoms with Gasteiger partial charge in [0.15, 0.2) is 0 Å². The molecule has 0 atom stereocenters. The summed E-state index contributed by atoms with van der Waals surface area (Å²) in [4.78, 5) is 23.6. The number of amides is 1. The third-order valence-corrected chi connectivity index (χ3v) is 1.58. The zero-order chi connectivity index (χ0) is 12.1. The van der Waals surface area contributed by atoms with Gasteiger partial charge in [-0.25, -0.2) is 4.79 Å². The molecule has 0 aliphatic carbocycles. The van der Waals surface area contributed by atoms with Crippen LogP contribution in [-0.2, 0) is 14.3 Å². The molecular formula is C10H19NO4. The summed E-state index contributed by atoms with van der Waals surface area (Å²) in [5.41, 5.74) is -0.517. The first kappa shape index (κ1) is 13.7. The molecular weight excluding hydrogens is 198 g/mol. The van der Waals surface area contributed by atoms with Crippen molar-refractivity contribution in [2.24, 2.45) is 0 Å². The molecule has 88 valence electrons. The summed E-state index contributed by atoms with van der Waals surface area (Å²) in [7, 11) is 2.90. The quantitative estimate of drug-likeness (QED) is 0.671. The molecule has 15 heavy (non-hydrogen) atoms. The maximum absolute atomic E-state index is 11.4. The lowest BCUT2D eigenvalue weighted by Crippen LogP contribution is -2.35. The zero-order valence-electron chi connectivity index (χ0n) is 9.99. The van der Waals surface area contributed by atoms with Gasteiger partial charge in [0.1, 0.15) is 5.60 Å². The fourth-order valence-electron chi connectivity index (χ4n) is 0.792. The van der Waals surface area contributed by atoms with Crippen LogP contribution in [0.5, 0.6) is 0 Å². The van der Waals surface area contributed by atoms with Gasteiger partial charge >= 0.3 is 12.1 Å². The largest absolute Gasteiger partial charge is 0.469 e. The van der Waals surface area contributed by atoms with Gasteiger partial charge in [0.25, 0.3) is 0 Å². The molecule has 0 spiro atoms. The van der Waals surface area contributed by atoms with E-state index in [0.29, 0.717) is 6.54 Å². The molecule has 0 saturated carbocycles. The molecule has 0 aromatic heterocycles. The first-order valence-corrected chi connectivity index (χ1v) is 4.77. The molecule has 0 radical (unpaired) electrons. The molecule has 0 heterocycles. The number of nitrogens with zero attached hydrogens (tertiary/aromatic N) is 1. The molecule has 0 N–H and O–H groups in total. The van der Waals surface area contributed by atoms with Crippen LogP contribution in [-0.4, -0.2) is 43.3 Å². The van der Waals surface area contributed by atoms with Gasteiger partial charge in [-0.3, -0.25) is 4.79 Å². The Kier molecular flexibility index (Phi) is 5.11. The van der Waals surface area contributed by atoms with Crippen LogP contribution in [0.1, 0.15) is 27.2 Å². The molecule has 0 aromatic carbocycles. The molecule has 0 aromatic rings. The van der Waals surface area contributed by atoms with Crippen LogP contribution in [0.4, 0.5) is 4.79 Å². The fourth-order valence-corrected chi connectivity index (χ4v) is 0.792. The van der Waals surface area contributed by atoms with Crippen molar-refractivity contribution in [3.63, 3.8) is 0 Å². The van der Waals surface area contributed by atoms with E-state index < -0.39 is 11.7 Å². The lowest BCUT2D eigenvalue weighted by Gasteiger charge is -2.24. The molecule has 1 amide bonds. The van der Waals surface area contributed by atoms with Crippen molar-refractivity contribution in [2.75, 3.05) is 20.7 Å². The summed E-state index contributed by atoms with van der Waals surface area (Å²) in [6, 6.07) is 0. The number of hydrogen-bond acceptors (Lipinski definition) is 4. The third-order valence-electron chi connectivity index (χ3n) is 1.58. The minimum absolute atomic E-state index is 0.173. The van der Waals surface area contributed by atoms with E-state index in [9.17, 15) is 9.59 Å². The maximum atomic E-state index is 11.4. The number of carbonyl (C=O) groups excluding carboxylic acids is 2. The minimum atomic E-state index is -0.517. The second kappa shape index (κ2) is 5.58. The predicted octanol–water partition coefficient (Wildman–Crippen LogP) is 1.42. The second-order valence-corrected chi connectivity index (χ2v) is 4.23. The van der Waals surface area contributed by atoms with E-state index in [0.717, 1.165) is 0 Å². The van der Waals surface area contributed by atoms with Crippen LogP contribution >= 0.6 is 0 Å². The predicted molar refractivity (Wildman–Crippen MR) is 55.5 cm³/mol. The van der Waals surface area contributed by atoms with Crippen LogP contribution in [0, 0.1) is 0 Å². The molecule has 5 nitrogen and oxygen atoms in total. The molecule has 5 heteroatoms. The number of rotatable bonds is 3. The van der Waals surface area contributed by atoms with Gasteiger partial charge in [-0.2, -0.15) is 0 Å². The van der Waals surface area contributed by atoms with Crippen LogP contribution in [0.15, 0.2) is 0 Å². The van der Waals surface area contributed by atoms with Gasteiger partial charge in [-0.05, 0) is 20.8 Å². The molecule has 0 aliphatic heterocycles. The Labute approximate surface area is 90.3 Å². The van der Waals surface area contributed by atoms with Crippen molar-refractivity contribution in [1.29, 1.82) is 0 Å². The average Bonchev–Trinajstić information content (AvgIpc) is 2.10. The molecule has 0 aliphatic rings. The van der Waals surface area contributed by atoms with Crippen LogP contribution in [0.3, 0.4) is 0 Å². The van der Waals surface area contributed by atoms with Crippen molar-refractivity contribution >= 4 is 12.1 Å². The third kappa shape index (κ3) is 6.76. The lowest BCUT2D eigenvalue weighted by molar-refractivity contribution is -0.140. The van der Waals surface area contributed by atoms with Gasteiger partial charge in [-0.15, -0.1) is 0 Å². The summed E-state index contributed by atoms with van der Waals surface area (Å²) >= 11 is 0. The summed E-state index contributed by atoms with van der Waals surface area (Å²) < 4.78 is 9.56. The summed E-state index contributed by atoms with van der Waals surface area (Å²) in [6.07, 6.45) is -0.266. The van der Waals surface area contributed by atoms with Gasteiger partial charge in [0.2, 0.25) is 0 Å². The van der Waals surface area contributed by atoms with E-state index in [1.54, 1.807) is 27.8 Å². The van der Waals surface area contributed by atoms with Gasteiger partial charge in [0, 0.05) is 13.6 Å². The van der Waals surface area contributed by atoms with Crippen molar-refractivity contribution in [3.8, 4) is 0 Å². The fraction of sp³-hybridized carbons (Fsp3) is 0.800. The van der Waals surface area contributed by atoms with Crippen molar-refractivity contribution < 1.29 is 19.1 Å². The monoisotopic (exact) mass is 217 g/mol. The normalized spacial score (nSPS) is 10.7. The topological polar surface area (TPSA) is 55.8 Å². The summed E-state index contributed by atoms with van der Waals surface area (Å²) in [5.74, 6) is -0.342. The maximum Gasteiger partial charge on any atom is 0.410 e. The number of methoxy groups -OCH3 is 1. The summed E-state index contributed by atoms with van der Waals surface area (Å²) in [5, 5.41) is 0. The lowest BCUT2D eigenvalue weighted by atomic mass is 10.2. The van der Waals surface area contributed by atoms with Gasteiger partial charge in [-0.1, -0.05) is 0 Å². The van der Waals surface area contributed by atoms with Crippen molar-refractivity contribution in [2.45, 2.75) is 32.8 Å². The van der Waals surface area contributed by atoms with Gasteiger partial charge in [0.05, 0.1) is 13.5 Å². The first-order chi connectivity index (χ1) is 6.76. The van der Waals surface area contributed by atoms with E-state index >= 15 is 0 Å². The highest BCUT2D eigenvalue weighted by Gasteiger charge is 2.19. The van der Waals surface area contributed by atoms with E-state index in [-0.39, 0.29) is 12.4 Å². The molecule has 0 saturated heterocycles. The van der Waals surface area contributed by atoms with E-state index in [2.05, 4.69) is 4.74 Å². The highest BCUT2D eigenvalue weighted by Crippen LogP contribution is 2.09. The van der Waals surface area contributed by atoms with E-state index in [1.165, 1.54) is 12.0 Å². The number of ether oxygens (including phenoxy) is 2. The molecule has 0 unspecified atom stereocenters. The standard InChI is InChI=1S/C10H19NO4/c1-10(2,3)15-9(13)11(4)7-6-8(12)14-5/h6-7H2,1-5H3. The number of carbonyl (C=O) groups is 2. The Morgan fingerprint density at radius 2 is 1.80 bits per heavy atom. The van der Waals surface area contributed by atoms with E-state index in [4.69, 9.17) is 4.74 Å². The molecule has 0 fully saturated rings. The molecule has 0 bridgehead atoms. The highest BCUT2D eigenvalue weighted by atomic mass is 16.6. The average molecular weight is 217 g/mol. The minimum Gasteiger partial charge on any atom is -0.469 e. The Hall–Kier alpha value is -1.26.